The molecule has 0 saturated heterocycles. The van der Waals surface area contributed by atoms with Gasteiger partial charge in [0.1, 0.15) is 11.9 Å². The molecule has 4 rings (SSSR count). The standard InChI is InChI=1S/C28H31FN2O2S/c1-19-14-20(2)16-25(15-19)31(26(32)17-21-12-13-34-18-21)27(22-8-10-23(29)11-9-22)28(33)30-24-6-4-3-5-7-24/h8-16,18,24,27H,3-7,17H2,1-2H3,(H,30,33)/t27-/m1/s1. The van der Waals surface area contributed by atoms with E-state index in [0.717, 1.165) is 42.4 Å². The zero-order valence-electron chi connectivity index (χ0n) is 19.7. The van der Waals surface area contributed by atoms with Crippen LogP contribution in [0.3, 0.4) is 0 Å². The lowest BCUT2D eigenvalue weighted by atomic mass is 9.94. The van der Waals surface area contributed by atoms with Crippen LogP contribution >= 0.6 is 11.3 Å². The number of benzene rings is 2. The van der Waals surface area contributed by atoms with E-state index >= 15 is 0 Å². The fourth-order valence-electron chi connectivity index (χ4n) is 4.77. The number of nitrogens with zero attached hydrogens (tertiary/aromatic N) is 1. The summed E-state index contributed by atoms with van der Waals surface area (Å²) >= 11 is 1.54. The van der Waals surface area contributed by atoms with Crippen LogP contribution < -0.4 is 10.2 Å². The molecule has 1 saturated carbocycles. The molecule has 4 nitrogen and oxygen atoms in total. The number of carbonyl (C=O) groups excluding carboxylic acids is 2. The first-order chi connectivity index (χ1) is 16.4. The zero-order chi connectivity index (χ0) is 24.1. The summed E-state index contributed by atoms with van der Waals surface area (Å²) < 4.78 is 13.8. The van der Waals surface area contributed by atoms with E-state index in [1.165, 1.54) is 29.9 Å². The molecule has 0 unspecified atom stereocenters. The lowest BCUT2D eigenvalue weighted by Gasteiger charge is -2.34. The third-order valence-corrected chi connectivity index (χ3v) is 7.06. The molecule has 0 bridgehead atoms. The minimum Gasteiger partial charge on any atom is -0.351 e. The first kappa shape index (κ1) is 24.1. The number of carbonyl (C=O) groups is 2. The molecule has 1 aliphatic carbocycles. The Bertz CT molecular complexity index is 1100. The number of nitrogens with one attached hydrogen (secondary N) is 1. The summed E-state index contributed by atoms with van der Waals surface area (Å²) in [4.78, 5) is 29.2. The number of rotatable bonds is 7. The summed E-state index contributed by atoms with van der Waals surface area (Å²) in [5, 5.41) is 7.09. The Balaban J connectivity index is 1.77. The largest absolute Gasteiger partial charge is 0.351 e. The van der Waals surface area contributed by atoms with Gasteiger partial charge in [0.25, 0.3) is 0 Å². The molecule has 1 fully saturated rings. The van der Waals surface area contributed by atoms with Crippen LogP contribution in [-0.2, 0) is 16.0 Å². The van der Waals surface area contributed by atoms with E-state index in [2.05, 4.69) is 5.32 Å². The molecule has 1 heterocycles. The van der Waals surface area contributed by atoms with Crippen molar-refractivity contribution in [1.82, 2.24) is 5.32 Å². The normalized spacial score (nSPS) is 15.0. The average molecular weight is 479 g/mol. The molecule has 1 aliphatic rings. The quantitative estimate of drug-likeness (QED) is 0.435. The number of thiophene rings is 1. The van der Waals surface area contributed by atoms with Crippen LogP contribution in [0.2, 0.25) is 0 Å². The Morgan fingerprint density at radius 3 is 2.32 bits per heavy atom. The maximum Gasteiger partial charge on any atom is 0.248 e. The Hall–Kier alpha value is -2.99. The van der Waals surface area contributed by atoms with Gasteiger partial charge in [-0.1, -0.05) is 37.5 Å². The highest BCUT2D eigenvalue weighted by molar-refractivity contribution is 7.08. The van der Waals surface area contributed by atoms with Crippen molar-refractivity contribution in [2.75, 3.05) is 4.90 Å². The van der Waals surface area contributed by atoms with E-state index in [9.17, 15) is 14.0 Å². The number of anilines is 1. The highest BCUT2D eigenvalue weighted by Gasteiger charge is 2.34. The van der Waals surface area contributed by atoms with E-state index < -0.39 is 6.04 Å². The summed E-state index contributed by atoms with van der Waals surface area (Å²) in [6.07, 6.45) is 5.42. The number of amides is 2. The fourth-order valence-corrected chi connectivity index (χ4v) is 5.44. The van der Waals surface area contributed by atoms with E-state index in [4.69, 9.17) is 0 Å². The van der Waals surface area contributed by atoms with Crippen LogP contribution in [0.5, 0.6) is 0 Å². The third kappa shape index (κ3) is 5.92. The van der Waals surface area contributed by atoms with E-state index in [-0.39, 0.29) is 30.1 Å². The van der Waals surface area contributed by atoms with Gasteiger partial charge in [0.05, 0.1) is 6.42 Å². The van der Waals surface area contributed by atoms with E-state index in [1.807, 2.05) is 48.9 Å². The smallest absolute Gasteiger partial charge is 0.248 e. The van der Waals surface area contributed by atoms with Crippen LogP contribution in [0, 0.1) is 19.7 Å². The molecule has 2 amide bonds. The predicted octanol–water partition coefficient (Wildman–Crippen LogP) is 6.27. The van der Waals surface area contributed by atoms with Gasteiger partial charge in [0.2, 0.25) is 11.8 Å². The second-order valence-corrected chi connectivity index (χ2v) is 10.00. The SMILES string of the molecule is Cc1cc(C)cc(N(C(=O)Cc2ccsc2)[C@@H](C(=O)NC2CCCCC2)c2ccc(F)cc2)c1. The van der Waals surface area contributed by atoms with Gasteiger partial charge >= 0.3 is 0 Å². The summed E-state index contributed by atoms with van der Waals surface area (Å²) in [6, 6.07) is 12.9. The van der Waals surface area contributed by atoms with Crippen LogP contribution in [-0.4, -0.2) is 17.9 Å². The lowest BCUT2D eigenvalue weighted by molar-refractivity contribution is -0.127. The van der Waals surface area contributed by atoms with E-state index in [1.54, 1.807) is 17.0 Å². The van der Waals surface area contributed by atoms with Crippen LogP contribution in [0.25, 0.3) is 0 Å². The van der Waals surface area contributed by atoms with Crippen molar-refractivity contribution in [2.24, 2.45) is 0 Å². The average Bonchev–Trinajstić information content (AvgIpc) is 3.31. The Labute approximate surface area is 204 Å². The van der Waals surface area contributed by atoms with Crippen LogP contribution in [0.4, 0.5) is 10.1 Å². The van der Waals surface area contributed by atoms with Gasteiger partial charge in [0, 0.05) is 11.7 Å². The molecule has 1 N–H and O–H groups in total. The Kier molecular flexibility index (Phi) is 7.78. The molecule has 34 heavy (non-hydrogen) atoms. The minimum absolute atomic E-state index is 0.0947. The summed E-state index contributed by atoms with van der Waals surface area (Å²) in [6.45, 7) is 3.96. The molecule has 6 heteroatoms. The summed E-state index contributed by atoms with van der Waals surface area (Å²) in [5.74, 6) is -0.773. The lowest BCUT2D eigenvalue weighted by Crippen LogP contribution is -2.47. The van der Waals surface area contributed by atoms with Gasteiger partial charge < -0.3 is 5.32 Å². The first-order valence-electron chi connectivity index (χ1n) is 11.9. The second-order valence-electron chi connectivity index (χ2n) is 9.22. The first-order valence-corrected chi connectivity index (χ1v) is 12.8. The minimum atomic E-state index is -0.894. The van der Waals surface area contributed by atoms with Crippen molar-refractivity contribution in [3.63, 3.8) is 0 Å². The van der Waals surface area contributed by atoms with Crippen LogP contribution in [0.1, 0.15) is 60.4 Å². The molecule has 1 aromatic heterocycles. The highest BCUT2D eigenvalue weighted by Crippen LogP contribution is 2.31. The predicted molar refractivity (Wildman–Crippen MR) is 136 cm³/mol. The van der Waals surface area contributed by atoms with Gasteiger partial charge in [-0.15, -0.1) is 0 Å². The molecule has 0 aliphatic heterocycles. The number of hydrogen-bond donors (Lipinski definition) is 1. The molecule has 1 atom stereocenters. The Morgan fingerprint density at radius 2 is 1.71 bits per heavy atom. The zero-order valence-corrected chi connectivity index (χ0v) is 20.5. The van der Waals surface area contributed by atoms with Crippen molar-refractivity contribution in [2.45, 2.75) is 64.5 Å². The molecular weight excluding hydrogens is 447 g/mol. The van der Waals surface area contributed by atoms with Gasteiger partial charge in [-0.05, 0) is 90.0 Å². The van der Waals surface area contributed by atoms with Gasteiger partial charge in [-0.25, -0.2) is 4.39 Å². The van der Waals surface area contributed by atoms with Gasteiger partial charge in [-0.2, -0.15) is 11.3 Å². The van der Waals surface area contributed by atoms with Gasteiger partial charge in [0.15, 0.2) is 0 Å². The number of hydrogen-bond acceptors (Lipinski definition) is 3. The number of halogens is 1. The molecular formula is C28H31FN2O2S. The maximum atomic E-state index is 13.8. The van der Waals surface area contributed by atoms with Crippen LogP contribution in [0.15, 0.2) is 59.3 Å². The van der Waals surface area contributed by atoms with Crippen molar-refractivity contribution in [1.29, 1.82) is 0 Å². The molecule has 3 aromatic rings. The number of aryl methyl sites for hydroxylation is 2. The molecule has 178 valence electrons. The van der Waals surface area contributed by atoms with Crippen molar-refractivity contribution in [3.8, 4) is 0 Å². The maximum absolute atomic E-state index is 13.8. The molecule has 0 radical (unpaired) electrons. The van der Waals surface area contributed by atoms with Crippen molar-refractivity contribution >= 4 is 28.8 Å². The van der Waals surface area contributed by atoms with Gasteiger partial charge in [-0.3, -0.25) is 14.5 Å². The third-order valence-electron chi connectivity index (χ3n) is 6.33. The van der Waals surface area contributed by atoms with Crippen molar-refractivity contribution < 1.29 is 14.0 Å². The highest BCUT2D eigenvalue weighted by atomic mass is 32.1. The summed E-state index contributed by atoms with van der Waals surface area (Å²) in [5.41, 5.74) is 4.19. The van der Waals surface area contributed by atoms with E-state index in [0.29, 0.717) is 11.3 Å². The van der Waals surface area contributed by atoms with Crippen molar-refractivity contribution in [3.05, 3.63) is 87.4 Å². The molecule has 2 aromatic carbocycles. The topological polar surface area (TPSA) is 49.4 Å². The Morgan fingerprint density at radius 1 is 1.03 bits per heavy atom. The summed E-state index contributed by atoms with van der Waals surface area (Å²) in [7, 11) is 0. The monoisotopic (exact) mass is 478 g/mol. The molecule has 0 spiro atoms. The second kappa shape index (κ2) is 11.0. The fraction of sp³-hybridized carbons (Fsp3) is 0.357.